The summed E-state index contributed by atoms with van der Waals surface area (Å²) in [6.45, 7) is 2.24. The number of hydrogen-bond acceptors (Lipinski definition) is 3. The van der Waals surface area contributed by atoms with Gasteiger partial charge in [-0.3, -0.25) is 9.59 Å². The maximum atomic E-state index is 11.9. The molecule has 1 fully saturated rings. The Balaban J connectivity index is 1.74. The summed E-state index contributed by atoms with van der Waals surface area (Å²) in [6.07, 6.45) is 1.30. The molecule has 114 valence electrons. The molecule has 2 atom stereocenters. The van der Waals surface area contributed by atoms with Gasteiger partial charge in [0.2, 0.25) is 5.91 Å². The van der Waals surface area contributed by atoms with Crippen molar-refractivity contribution in [3.63, 3.8) is 0 Å². The fourth-order valence-electron chi connectivity index (χ4n) is 2.06. The summed E-state index contributed by atoms with van der Waals surface area (Å²) < 4.78 is 0. The van der Waals surface area contributed by atoms with Crippen molar-refractivity contribution in [2.45, 2.75) is 38.3 Å². The van der Waals surface area contributed by atoms with Crippen molar-refractivity contribution in [3.05, 3.63) is 35.9 Å². The highest BCUT2D eigenvalue weighted by atomic mass is 16.3. The van der Waals surface area contributed by atoms with E-state index in [4.69, 9.17) is 0 Å². The average Bonchev–Trinajstić information content (AvgIpc) is 3.29. The molecule has 0 saturated heterocycles. The summed E-state index contributed by atoms with van der Waals surface area (Å²) in [4.78, 5) is 23.6. The molecule has 5 heteroatoms. The molecule has 1 saturated carbocycles. The summed E-state index contributed by atoms with van der Waals surface area (Å²) in [5.74, 6) is -0.0683. The first-order valence-electron chi connectivity index (χ1n) is 7.35. The van der Waals surface area contributed by atoms with Gasteiger partial charge in [-0.05, 0) is 31.2 Å². The predicted octanol–water partition coefficient (Wildman–Crippen LogP) is 0.621. The van der Waals surface area contributed by atoms with E-state index in [1.807, 2.05) is 30.3 Å². The van der Waals surface area contributed by atoms with E-state index >= 15 is 0 Å². The zero-order chi connectivity index (χ0) is 15.2. The van der Waals surface area contributed by atoms with Crippen LogP contribution >= 0.6 is 0 Å². The number of hydrogen-bond donors (Lipinski definition) is 3. The summed E-state index contributed by atoms with van der Waals surface area (Å²) >= 11 is 0. The normalized spacial score (nSPS) is 16.9. The highest BCUT2D eigenvalue weighted by Crippen LogP contribution is 2.27. The van der Waals surface area contributed by atoms with E-state index in [0.29, 0.717) is 12.5 Å². The van der Waals surface area contributed by atoms with E-state index in [-0.39, 0.29) is 12.3 Å². The molecule has 0 spiro atoms. The third kappa shape index (κ3) is 5.19. The molecule has 0 heterocycles. The molecule has 2 unspecified atom stereocenters. The van der Waals surface area contributed by atoms with Crippen LogP contribution in [0.2, 0.25) is 0 Å². The number of aliphatic hydroxyl groups is 1. The number of amides is 2. The topological polar surface area (TPSA) is 78.4 Å². The maximum Gasteiger partial charge on any atom is 0.250 e. The van der Waals surface area contributed by atoms with E-state index in [9.17, 15) is 14.7 Å². The van der Waals surface area contributed by atoms with Gasteiger partial charge in [0.1, 0.15) is 0 Å². The van der Waals surface area contributed by atoms with Crippen LogP contribution in [0, 0.1) is 5.92 Å². The Labute approximate surface area is 124 Å². The highest BCUT2D eigenvalue weighted by Gasteiger charge is 2.26. The monoisotopic (exact) mass is 290 g/mol. The van der Waals surface area contributed by atoms with E-state index in [2.05, 4.69) is 10.6 Å². The first-order valence-corrected chi connectivity index (χ1v) is 7.35. The van der Waals surface area contributed by atoms with Gasteiger partial charge in [0, 0.05) is 6.54 Å². The maximum absolute atomic E-state index is 11.9. The van der Waals surface area contributed by atoms with Crippen molar-refractivity contribution in [2.75, 3.05) is 6.54 Å². The minimum atomic E-state index is -1.22. The standard InChI is InChI=1S/C16H22N2O3/c1-11(15(20)16(21)17-10-13-7-8-13)18-14(19)9-12-5-3-2-4-6-12/h2-6,11,13,15,20H,7-10H2,1H3,(H,17,21)(H,18,19). The van der Waals surface area contributed by atoms with Crippen molar-refractivity contribution in [1.29, 1.82) is 0 Å². The van der Waals surface area contributed by atoms with Crippen molar-refractivity contribution >= 4 is 11.8 Å². The third-order valence-electron chi connectivity index (χ3n) is 3.60. The number of rotatable bonds is 7. The van der Waals surface area contributed by atoms with Crippen LogP contribution in [0.5, 0.6) is 0 Å². The summed E-state index contributed by atoms with van der Waals surface area (Å²) in [6, 6.07) is 8.74. The Morgan fingerprint density at radius 1 is 1.29 bits per heavy atom. The van der Waals surface area contributed by atoms with Crippen LogP contribution in [0.15, 0.2) is 30.3 Å². The Morgan fingerprint density at radius 3 is 2.57 bits per heavy atom. The lowest BCUT2D eigenvalue weighted by Gasteiger charge is -2.19. The number of aliphatic hydroxyl groups excluding tert-OH is 1. The molecular weight excluding hydrogens is 268 g/mol. The number of benzene rings is 1. The van der Waals surface area contributed by atoms with Crippen molar-refractivity contribution in [2.24, 2.45) is 5.92 Å². The lowest BCUT2D eigenvalue weighted by molar-refractivity contribution is -0.131. The van der Waals surface area contributed by atoms with Gasteiger partial charge in [0.25, 0.3) is 5.91 Å². The minimum absolute atomic E-state index is 0.206. The van der Waals surface area contributed by atoms with Gasteiger partial charge in [-0.2, -0.15) is 0 Å². The summed E-state index contributed by atoms with van der Waals surface area (Å²) in [5.41, 5.74) is 0.898. The molecule has 1 aliphatic carbocycles. The Bertz CT molecular complexity index is 486. The van der Waals surface area contributed by atoms with Crippen LogP contribution in [-0.2, 0) is 16.0 Å². The molecule has 0 aliphatic heterocycles. The molecule has 0 radical (unpaired) electrons. The van der Waals surface area contributed by atoms with Crippen LogP contribution < -0.4 is 10.6 Å². The Kier molecular flexibility index (Phi) is 5.33. The predicted molar refractivity (Wildman–Crippen MR) is 79.5 cm³/mol. The molecule has 1 aromatic rings. The van der Waals surface area contributed by atoms with Gasteiger partial charge in [-0.15, -0.1) is 0 Å². The number of nitrogens with one attached hydrogen (secondary N) is 2. The molecule has 2 amide bonds. The summed E-state index contributed by atoms with van der Waals surface area (Å²) in [5, 5.41) is 15.3. The Morgan fingerprint density at radius 2 is 1.95 bits per heavy atom. The van der Waals surface area contributed by atoms with Gasteiger partial charge >= 0.3 is 0 Å². The van der Waals surface area contributed by atoms with E-state index in [1.165, 1.54) is 0 Å². The molecule has 1 aliphatic rings. The van der Waals surface area contributed by atoms with E-state index in [0.717, 1.165) is 18.4 Å². The van der Waals surface area contributed by atoms with E-state index in [1.54, 1.807) is 6.92 Å². The smallest absolute Gasteiger partial charge is 0.250 e. The van der Waals surface area contributed by atoms with Crippen LogP contribution in [0.4, 0.5) is 0 Å². The van der Waals surface area contributed by atoms with Crippen molar-refractivity contribution < 1.29 is 14.7 Å². The van der Waals surface area contributed by atoms with Gasteiger partial charge < -0.3 is 15.7 Å². The zero-order valence-corrected chi connectivity index (χ0v) is 12.2. The molecule has 2 rings (SSSR count). The summed E-state index contributed by atoms with van der Waals surface area (Å²) in [7, 11) is 0. The first kappa shape index (κ1) is 15.5. The molecule has 0 bridgehead atoms. The van der Waals surface area contributed by atoms with E-state index < -0.39 is 18.1 Å². The molecule has 0 aromatic heterocycles. The fraction of sp³-hybridized carbons (Fsp3) is 0.500. The number of carbonyl (C=O) groups is 2. The van der Waals surface area contributed by atoms with Crippen LogP contribution in [-0.4, -0.2) is 35.6 Å². The van der Waals surface area contributed by atoms with Crippen molar-refractivity contribution in [3.8, 4) is 0 Å². The van der Waals surface area contributed by atoms with Crippen LogP contribution in [0.3, 0.4) is 0 Å². The second-order valence-electron chi connectivity index (χ2n) is 5.65. The highest BCUT2D eigenvalue weighted by molar-refractivity contribution is 5.83. The Hall–Kier alpha value is -1.88. The second-order valence-corrected chi connectivity index (χ2v) is 5.65. The zero-order valence-electron chi connectivity index (χ0n) is 12.2. The second kappa shape index (κ2) is 7.22. The number of carbonyl (C=O) groups excluding carboxylic acids is 2. The molecular formula is C16H22N2O3. The van der Waals surface area contributed by atoms with Gasteiger partial charge in [-0.1, -0.05) is 30.3 Å². The average molecular weight is 290 g/mol. The quantitative estimate of drug-likeness (QED) is 0.689. The van der Waals surface area contributed by atoms with Crippen molar-refractivity contribution in [1.82, 2.24) is 10.6 Å². The largest absolute Gasteiger partial charge is 0.381 e. The SMILES string of the molecule is CC(NC(=O)Cc1ccccc1)C(O)C(=O)NCC1CC1. The fourth-order valence-corrected chi connectivity index (χ4v) is 2.06. The van der Waals surface area contributed by atoms with Crippen LogP contribution in [0.25, 0.3) is 0 Å². The van der Waals surface area contributed by atoms with Crippen LogP contribution in [0.1, 0.15) is 25.3 Å². The van der Waals surface area contributed by atoms with Gasteiger partial charge in [-0.25, -0.2) is 0 Å². The molecule has 21 heavy (non-hydrogen) atoms. The molecule has 5 nitrogen and oxygen atoms in total. The first-order chi connectivity index (χ1) is 10.1. The molecule has 3 N–H and O–H groups in total. The minimum Gasteiger partial charge on any atom is -0.381 e. The molecule has 1 aromatic carbocycles. The third-order valence-corrected chi connectivity index (χ3v) is 3.60. The van der Waals surface area contributed by atoms with Gasteiger partial charge in [0.05, 0.1) is 12.5 Å². The van der Waals surface area contributed by atoms with Gasteiger partial charge in [0.15, 0.2) is 6.10 Å². The lowest BCUT2D eigenvalue weighted by Crippen LogP contribution is -2.49. The lowest BCUT2D eigenvalue weighted by atomic mass is 10.1.